The molecule has 0 radical (unpaired) electrons. The predicted molar refractivity (Wildman–Crippen MR) is 121 cm³/mol. The molecule has 3 aromatic carbocycles. The molecule has 1 fully saturated rings. The van der Waals surface area contributed by atoms with Crippen molar-refractivity contribution in [2.75, 3.05) is 6.54 Å². The second kappa shape index (κ2) is 8.07. The van der Waals surface area contributed by atoms with Gasteiger partial charge >= 0.3 is 0 Å². The van der Waals surface area contributed by atoms with Crippen LogP contribution in [0.5, 0.6) is 0 Å². The Morgan fingerprint density at radius 1 is 0.806 bits per heavy atom. The number of rotatable bonds is 5. The van der Waals surface area contributed by atoms with Gasteiger partial charge in [-0.25, -0.2) is 16.8 Å². The summed E-state index contributed by atoms with van der Waals surface area (Å²) in [6, 6.07) is 22.8. The number of sulfonamides is 1. The summed E-state index contributed by atoms with van der Waals surface area (Å²) < 4.78 is 55.9. The van der Waals surface area contributed by atoms with Crippen LogP contribution in [-0.4, -0.2) is 32.9 Å². The molecule has 0 N–H and O–H groups in total. The van der Waals surface area contributed by atoms with Crippen LogP contribution in [0.15, 0.2) is 107 Å². The van der Waals surface area contributed by atoms with Crippen molar-refractivity contribution in [3.05, 3.63) is 108 Å². The zero-order valence-corrected chi connectivity index (χ0v) is 18.7. The SMILES string of the molecule is C=C1CN(S(=O)(=O)c2ccccc2C)[C@H](c2ccccc2)[C@H]1S(=O)(=O)c1ccccc1. The molecule has 31 heavy (non-hydrogen) atoms. The van der Waals surface area contributed by atoms with Gasteiger partial charge in [-0.15, -0.1) is 0 Å². The van der Waals surface area contributed by atoms with E-state index in [2.05, 4.69) is 6.58 Å². The maximum atomic E-state index is 13.7. The Bertz CT molecular complexity index is 1320. The summed E-state index contributed by atoms with van der Waals surface area (Å²) >= 11 is 0. The summed E-state index contributed by atoms with van der Waals surface area (Å²) in [5, 5.41) is -1.09. The van der Waals surface area contributed by atoms with Crippen LogP contribution in [0.1, 0.15) is 17.2 Å². The Kier molecular flexibility index (Phi) is 5.60. The van der Waals surface area contributed by atoms with Crippen LogP contribution in [0.4, 0.5) is 0 Å². The molecule has 1 aliphatic heterocycles. The van der Waals surface area contributed by atoms with Crippen molar-refractivity contribution in [2.24, 2.45) is 0 Å². The third kappa shape index (κ3) is 3.73. The van der Waals surface area contributed by atoms with E-state index >= 15 is 0 Å². The maximum absolute atomic E-state index is 13.7. The maximum Gasteiger partial charge on any atom is 0.244 e. The molecule has 7 heteroatoms. The van der Waals surface area contributed by atoms with Crippen molar-refractivity contribution in [1.82, 2.24) is 4.31 Å². The number of hydrogen-bond acceptors (Lipinski definition) is 4. The molecule has 5 nitrogen and oxygen atoms in total. The highest BCUT2D eigenvalue weighted by atomic mass is 32.2. The minimum atomic E-state index is -3.97. The minimum Gasteiger partial charge on any atom is -0.223 e. The zero-order chi connectivity index (χ0) is 22.2. The molecule has 0 spiro atoms. The first-order chi connectivity index (χ1) is 14.7. The molecular formula is C24H23NO4S2. The Balaban J connectivity index is 1.90. The van der Waals surface area contributed by atoms with Gasteiger partial charge in [0.1, 0.15) is 5.25 Å². The van der Waals surface area contributed by atoms with Gasteiger partial charge in [0.05, 0.1) is 15.8 Å². The van der Waals surface area contributed by atoms with E-state index in [1.165, 1.54) is 16.4 Å². The fourth-order valence-corrected chi connectivity index (χ4v) is 8.03. The van der Waals surface area contributed by atoms with E-state index in [1.807, 2.05) is 6.07 Å². The molecule has 0 bridgehead atoms. The monoisotopic (exact) mass is 453 g/mol. The number of nitrogens with zero attached hydrogens (tertiary/aromatic N) is 1. The molecular weight excluding hydrogens is 430 g/mol. The van der Waals surface area contributed by atoms with Gasteiger partial charge in [-0.1, -0.05) is 73.3 Å². The van der Waals surface area contributed by atoms with Crippen molar-refractivity contribution in [3.8, 4) is 0 Å². The number of benzene rings is 3. The van der Waals surface area contributed by atoms with Crippen molar-refractivity contribution in [1.29, 1.82) is 0 Å². The average Bonchev–Trinajstić information content (AvgIpc) is 3.14. The van der Waals surface area contributed by atoms with Crippen molar-refractivity contribution >= 4 is 19.9 Å². The Morgan fingerprint density at radius 2 is 1.35 bits per heavy atom. The molecule has 4 rings (SSSR count). The highest BCUT2D eigenvalue weighted by molar-refractivity contribution is 7.92. The van der Waals surface area contributed by atoms with E-state index in [0.29, 0.717) is 16.7 Å². The molecule has 0 aliphatic carbocycles. The second-order valence-corrected chi connectivity index (χ2v) is 11.5. The summed E-state index contributed by atoms with van der Waals surface area (Å²) in [5.74, 6) is 0. The van der Waals surface area contributed by atoms with Gasteiger partial charge in [-0.2, -0.15) is 4.31 Å². The lowest BCUT2D eigenvalue weighted by molar-refractivity contribution is 0.396. The van der Waals surface area contributed by atoms with Crippen LogP contribution in [0.25, 0.3) is 0 Å². The van der Waals surface area contributed by atoms with Crippen LogP contribution in [0.3, 0.4) is 0 Å². The van der Waals surface area contributed by atoms with Crippen LogP contribution >= 0.6 is 0 Å². The Hall–Kier alpha value is -2.74. The lowest BCUT2D eigenvalue weighted by atomic mass is 10.0. The molecule has 0 amide bonds. The van der Waals surface area contributed by atoms with Crippen LogP contribution in [0, 0.1) is 6.92 Å². The Labute approximate surface area is 183 Å². The third-order valence-electron chi connectivity index (χ3n) is 5.59. The van der Waals surface area contributed by atoms with Gasteiger partial charge < -0.3 is 0 Å². The molecule has 1 heterocycles. The van der Waals surface area contributed by atoms with Gasteiger partial charge in [0, 0.05) is 6.54 Å². The first kappa shape index (κ1) is 21.5. The summed E-state index contributed by atoms with van der Waals surface area (Å²) in [4.78, 5) is 0.318. The van der Waals surface area contributed by atoms with Crippen molar-refractivity contribution in [2.45, 2.75) is 28.0 Å². The van der Waals surface area contributed by atoms with E-state index in [-0.39, 0.29) is 16.3 Å². The number of aryl methyl sites for hydroxylation is 1. The fraction of sp³-hybridized carbons (Fsp3) is 0.167. The highest BCUT2D eigenvalue weighted by Gasteiger charge is 2.50. The molecule has 2 atom stereocenters. The average molecular weight is 454 g/mol. The lowest BCUT2D eigenvalue weighted by Crippen LogP contribution is -2.36. The second-order valence-electron chi connectivity index (χ2n) is 7.61. The highest BCUT2D eigenvalue weighted by Crippen LogP contribution is 2.44. The van der Waals surface area contributed by atoms with Crippen LogP contribution in [-0.2, 0) is 19.9 Å². The fourth-order valence-electron chi connectivity index (χ4n) is 4.11. The summed E-state index contributed by atoms with van der Waals surface area (Å²) in [5.41, 5.74) is 1.58. The summed E-state index contributed by atoms with van der Waals surface area (Å²) in [6.45, 7) is 5.66. The Morgan fingerprint density at radius 3 is 1.97 bits per heavy atom. The van der Waals surface area contributed by atoms with Gasteiger partial charge in [0.25, 0.3) is 0 Å². The predicted octanol–water partition coefficient (Wildman–Crippen LogP) is 4.14. The molecule has 160 valence electrons. The zero-order valence-electron chi connectivity index (χ0n) is 17.0. The number of sulfone groups is 1. The minimum absolute atomic E-state index is 0.0625. The first-order valence-electron chi connectivity index (χ1n) is 9.83. The molecule has 0 aromatic heterocycles. The van der Waals surface area contributed by atoms with Crippen LogP contribution < -0.4 is 0 Å². The van der Waals surface area contributed by atoms with Crippen LogP contribution in [0.2, 0.25) is 0 Å². The molecule has 0 unspecified atom stereocenters. The third-order valence-corrected chi connectivity index (χ3v) is 9.76. The van der Waals surface area contributed by atoms with E-state index in [1.54, 1.807) is 73.7 Å². The topological polar surface area (TPSA) is 71.5 Å². The molecule has 1 saturated heterocycles. The molecule has 3 aromatic rings. The number of hydrogen-bond donors (Lipinski definition) is 0. The van der Waals surface area contributed by atoms with E-state index in [0.717, 1.165) is 0 Å². The van der Waals surface area contributed by atoms with Gasteiger partial charge in [0.15, 0.2) is 9.84 Å². The van der Waals surface area contributed by atoms with Gasteiger partial charge in [0.2, 0.25) is 10.0 Å². The van der Waals surface area contributed by atoms with Crippen molar-refractivity contribution in [3.63, 3.8) is 0 Å². The van der Waals surface area contributed by atoms with Gasteiger partial charge in [-0.05, 0) is 41.8 Å². The van der Waals surface area contributed by atoms with E-state index < -0.39 is 31.2 Å². The summed E-state index contributed by atoms with van der Waals surface area (Å²) in [6.07, 6.45) is 0. The normalized spacial score (nSPS) is 20.1. The quantitative estimate of drug-likeness (QED) is 0.545. The molecule has 0 saturated carbocycles. The van der Waals surface area contributed by atoms with E-state index in [9.17, 15) is 16.8 Å². The first-order valence-corrected chi connectivity index (χ1v) is 12.8. The largest absolute Gasteiger partial charge is 0.244 e. The van der Waals surface area contributed by atoms with Gasteiger partial charge in [-0.3, -0.25) is 0 Å². The lowest BCUT2D eigenvalue weighted by Gasteiger charge is -2.28. The summed E-state index contributed by atoms with van der Waals surface area (Å²) in [7, 11) is -7.84. The molecule has 1 aliphatic rings. The smallest absolute Gasteiger partial charge is 0.223 e. The van der Waals surface area contributed by atoms with E-state index in [4.69, 9.17) is 0 Å². The standard InChI is InChI=1S/C24H23NO4S2/c1-18-11-9-10-16-22(18)31(28,29)25-17-19(2)24(23(25)20-12-5-3-6-13-20)30(26,27)21-14-7-4-8-15-21/h3-16,23-24H,2,17H2,1H3/t23-,24+/m1/s1. The van der Waals surface area contributed by atoms with Crippen molar-refractivity contribution < 1.29 is 16.8 Å².